The van der Waals surface area contributed by atoms with Gasteiger partial charge in [-0.1, -0.05) is 0 Å². The maximum Gasteiger partial charge on any atom is 0.306 e. The van der Waals surface area contributed by atoms with E-state index >= 15 is 0 Å². The molecule has 0 aliphatic heterocycles. The van der Waals surface area contributed by atoms with Crippen LogP contribution in [-0.2, 0) is 13.0 Å². The van der Waals surface area contributed by atoms with Gasteiger partial charge in [-0.25, -0.2) is 0 Å². The summed E-state index contributed by atoms with van der Waals surface area (Å²) in [5.41, 5.74) is 0.827. The van der Waals surface area contributed by atoms with Crippen molar-refractivity contribution in [2.24, 2.45) is 0 Å². The summed E-state index contributed by atoms with van der Waals surface area (Å²) in [6.07, 6.45) is 6.95. The van der Waals surface area contributed by atoms with Crippen LogP contribution >= 0.6 is 35.1 Å². The zero-order valence-electron chi connectivity index (χ0n) is 12.7. The molecule has 0 unspecified atom stereocenters. The minimum atomic E-state index is -0.480. The van der Waals surface area contributed by atoms with Crippen LogP contribution in [0.1, 0.15) is 5.89 Å². The molecule has 0 N–H and O–H groups in total. The Morgan fingerprint density at radius 3 is 2.88 bits per heavy atom. The molecule has 126 valence electrons. The molecule has 0 radical (unpaired) electrons. The van der Waals surface area contributed by atoms with Crippen molar-refractivity contribution in [2.75, 3.05) is 12.5 Å². The highest BCUT2D eigenvalue weighted by Crippen LogP contribution is 2.39. The molecule has 3 rings (SSSR count). The molecule has 0 bridgehead atoms. The van der Waals surface area contributed by atoms with Crippen LogP contribution in [0.5, 0.6) is 0 Å². The molecule has 0 amide bonds. The predicted octanol–water partition coefficient (Wildman–Crippen LogP) is 2.98. The molecule has 3 heterocycles. The van der Waals surface area contributed by atoms with Gasteiger partial charge in [0, 0.05) is 13.0 Å². The molecule has 9 nitrogen and oxygen atoms in total. The van der Waals surface area contributed by atoms with Crippen molar-refractivity contribution in [1.29, 1.82) is 0 Å². The number of hydrogen-bond donors (Lipinski definition) is 0. The summed E-state index contributed by atoms with van der Waals surface area (Å²) >= 11 is 4.53. The average Bonchev–Trinajstić information content (AvgIpc) is 3.30. The second-order valence-electron chi connectivity index (χ2n) is 4.53. The lowest BCUT2D eigenvalue weighted by molar-refractivity contribution is -0.385. The van der Waals surface area contributed by atoms with Gasteiger partial charge in [-0.3, -0.25) is 14.8 Å². The van der Waals surface area contributed by atoms with E-state index in [9.17, 15) is 10.1 Å². The van der Waals surface area contributed by atoms with Gasteiger partial charge in [0.25, 0.3) is 5.89 Å². The van der Waals surface area contributed by atoms with Gasteiger partial charge >= 0.3 is 5.69 Å². The van der Waals surface area contributed by atoms with Gasteiger partial charge in [0.1, 0.15) is 17.4 Å². The molecule has 12 heteroatoms. The second kappa shape index (κ2) is 7.32. The van der Waals surface area contributed by atoms with Crippen LogP contribution in [-0.4, -0.2) is 41.8 Å². The van der Waals surface area contributed by atoms with Crippen molar-refractivity contribution >= 4 is 40.7 Å². The molecule has 0 spiro atoms. The van der Waals surface area contributed by atoms with E-state index < -0.39 is 4.92 Å². The van der Waals surface area contributed by atoms with Gasteiger partial charge in [-0.05, 0) is 24.0 Å². The van der Waals surface area contributed by atoms with E-state index in [-0.39, 0.29) is 5.69 Å². The summed E-state index contributed by atoms with van der Waals surface area (Å²) in [7, 11) is 0. The fourth-order valence-electron chi connectivity index (χ4n) is 1.95. The summed E-state index contributed by atoms with van der Waals surface area (Å²) in [6.45, 7) is 0.419. The quantitative estimate of drug-likeness (QED) is 0.344. The van der Waals surface area contributed by atoms with Crippen molar-refractivity contribution < 1.29 is 9.34 Å². The highest BCUT2D eigenvalue weighted by atomic mass is 32.2. The van der Waals surface area contributed by atoms with Gasteiger partial charge in [0.15, 0.2) is 0 Å². The first-order chi connectivity index (χ1) is 11.6. The molecular weight excluding hydrogens is 372 g/mol. The Kier molecular flexibility index (Phi) is 5.16. The maximum atomic E-state index is 10.6. The average molecular weight is 384 g/mol. The Balaban J connectivity index is 1.74. The van der Waals surface area contributed by atoms with E-state index in [1.54, 1.807) is 11.8 Å². The van der Waals surface area contributed by atoms with Gasteiger partial charge < -0.3 is 4.42 Å². The Labute approximate surface area is 149 Å². The Morgan fingerprint density at radius 2 is 2.21 bits per heavy atom. The van der Waals surface area contributed by atoms with Crippen molar-refractivity contribution in [3.05, 3.63) is 28.4 Å². The molecule has 0 aromatic carbocycles. The lowest BCUT2D eigenvalue weighted by atomic mass is 10.4. The molecule has 0 saturated heterocycles. The number of hydrogen-bond acceptors (Lipinski definition) is 10. The monoisotopic (exact) mass is 384 g/mol. The van der Waals surface area contributed by atoms with Gasteiger partial charge in [0.05, 0.1) is 14.7 Å². The topological polar surface area (TPSA) is 113 Å². The highest BCUT2D eigenvalue weighted by Gasteiger charge is 2.20. The highest BCUT2D eigenvalue weighted by molar-refractivity contribution is 8.01. The van der Waals surface area contributed by atoms with Crippen LogP contribution in [0.2, 0.25) is 0 Å². The van der Waals surface area contributed by atoms with E-state index in [4.69, 9.17) is 4.42 Å². The van der Waals surface area contributed by atoms with Crippen LogP contribution in [0, 0.1) is 10.1 Å². The molecule has 24 heavy (non-hydrogen) atoms. The van der Waals surface area contributed by atoms with E-state index in [2.05, 4.69) is 19.7 Å². The summed E-state index contributed by atoms with van der Waals surface area (Å²) < 4.78 is 12.6. The van der Waals surface area contributed by atoms with E-state index in [0.717, 1.165) is 14.8 Å². The minimum Gasteiger partial charge on any atom is -0.420 e. The largest absolute Gasteiger partial charge is 0.420 e. The summed E-state index contributed by atoms with van der Waals surface area (Å²) in [5, 5.41) is 23.6. The number of rotatable bonds is 7. The number of aromatic nitrogens is 5. The fraction of sp³-hybridized carbons (Fsp3) is 0.333. The van der Waals surface area contributed by atoms with Crippen molar-refractivity contribution in [3.8, 4) is 11.5 Å². The van der Waals surface area contributed by atoms with Crippen molar-refractivity contribution in [3.63, 3.8) is 0 Å². The summed E-state index contributed by atoms with van der Waals surface area (Å²) in [4.78, 5) is 10.2. The van der Waals surface area contributed by atoms with E-state index in [1.807, 2.05) is 12.5 Å². The molecule has 3 aromatic heterocycles. The van der Waals surface area contributed by atoms with Gasteiger partial charge in [0.2, 0.25) is 5.89 Å². The third kappa shape index (κ3) is 3.44. The third-order valence-corrected chi connectivity index (χ3v) is 5.81. The Morgan fingerprint density at radius 1 is 1.38 bits per heavy atom. The number of nitrogens with zero attached hydrogens (tertiary/aromatic N) is 6. The normalized spacial score (nSPS) is 11.1. The van der Waals surface area contributed by atoms with Crippen LogP contribution in [0.4, 0.5) is 5.69 Å². The molecule has 0 aliphatic rings. The zero-order chi connectivity index (χ0) is 17.1. The van der Waals surface area contributed by atoms with Gasteiger partial charge in [-0.2, -0.15) is 9.47 Å². The van der Waals surface area contributed by atoms with Crippen LogP contribution < -0.4 is 0 Å². The molecule has 0 atom stereocenters. The Bertz CT molecular complexity index is 836. The Hall–Kier alpha value is -1.92. The summed E-state index contributed by atoms with van der Waals surface area (Å²) in [6, 6.07) is 0. The first-order valence-corrected chi connectivity index (χ1v) is 9.92. The second-order valence-corrected chi connectivity index (χ2v) is 7.17. The van der Waals surface area contributed by atoms with Gasteiger partial charge in [-0.15, -0.1) is 33.7 Å². The molecular formula is C12H12N6O3S3. The molecule has 0 fully saturated rings. The molecule has 0 saturated carbocycles. The standard InChI is InChI=1S/C12H12N6O3S3/c1-22-11-9(12(23-2)24-16-11)10-15-14-8(21-10)3-4-17-6-7(5-13-17)18(19)20/h5-6H,3-4H2,1-2H3. The van der Waals surface area contributed by atoms with Crippen molar-refractivity contribution in [2.45, 2.75) is 22.2 Å². The lowest BCUT2D eigenvalue weighted by Gasteiger charge is -1.98. The van der Waals surface area contributed by atoms with Crippen LogP contribution in [0.25, 0.3) is 11.5 Å². The minimum absolute atomic E-state index is 0.0419. The van der Waals surface area contributed by atoms with Crippen LogP contribution in [0.15, 0.2) is 26.0 Å². The molecule has 3 aromatic rings. The van der Waals surface area contributed by atoms with E-state index in [0.29, 0.717) is 24.7 Å². The summed E-state index contributed by atoms with van der Waals surface area (Å²) in [5.74, 6) is 0.896. The zero-order valence-corrected chi connectivity index (χ0v) is 15.2. The van der Waals surface area contributed by atoms with E-state index in [1.165, 1.54) is 40.4 Å². The van der Waals surface area contributed by atoms with Crippen molar-refractivity contribution in [1.82, 2.24) is 24.4 Å². The SMILES string of the molecule is CSc1nsc(SC)c1-c1nnc(CCn2cc([N+](=O)[O-])cn2)o1. The maximum absolute atomic E-state index is 10.6. The third-order valence-electron chi connectivity index (χ3n) is 3.07. The first kappa shape index (κ1) is 16.9. The number of nitro groups is 1. The first-order valence-electron chi connectivity index (χ1n) is 6.69. The van der Waals surface area contributed by atoms with Crippen LogP contribution in [0.3, 0.4) is 0 Å². The lowest BCUT2D eigenvalue weighted by Crippen LogP contribution is -2.01. The number of thioether (sulfide) groups is 2. The fourth-order valence-corrected chi connectivity index (χ4v) is 4.22. The smallest absolute Gasteiger partial charge is 0.306 e. The molecule has 0 aliphatic carbocycles. The predicted molar refractivity (Wildman–Crippen MR) is 91.6 cm³/mol. The number of aryl methyl sites for hydroxylation is 2.